The lowest BCUT2D eigenvalue weighted by atomic mass is 10.0. The molecule has 0 fully saturated rings. The van der Waals surface area contributed by atoms with Crippen LogP contribution in [0.25, 0.3) is 54.8 Å². The summed E-state index contributed by atoms with van der Waals surface area (Å²) in [5.41, 5.74) is 6.26. The second kappa shape index (κ2) is 9.03. The van der Waals surface area contributed by atoms with E-state index < -0.39 is 0 Å². The van der Waals surface area contributed by atoms with Crippen molar-refractivity contribution >= 4 is 60.6 Å². The van der Waals surface area contributed by atoms with Crippen molar-refractivity contribution in [2.75, 3.05) is 0 Å². The summed E-state index contributed by atoms with van der Waals surface area (Å²) in [5, 5.41) is 13.9. The van der Waals surface area contributed by atoms with Crippen LogP contribution in [0.4, 0.5) is 0 Å². The van der Waals surface area contributed by atoms with Gasteiger partial charge in [0, 0.05) is 33.5 Å². The van der Waals surface area contributed by atoms with E-state index in [1.165, 1.54) is 0 Å². The molecule has 5 aromatic carbocycles. The number of nitrogens with one attached hydrogen (secondary N) is 2. The van der Waals surface area contributed by atoms with Crippen molar-refractivity contribution < 1.29 is 8.83 Å². The van der Waals surface area contributed by atoms with E-state index in [4.69, 9.17) is 13.8 Å². The van der Waals surface area contributed by atoms with E-state index in [-0.39, 0.29) is 12.3 Å². The molecule has 6 nitrogen and oxygen atoms in total. The van der Waals surface area contributed by atoms with Crippen LogP contribution in [-0.4, -0.2) is 10.8 Å². The molecule has 0 aliphatic carbocycles. The van der Waals surface area contributed by atoms with Crippen LogP contribution in [0.5, 0.6) is 0 Å². The van der Waals surface area contributed by atoms with Crippen molar-refractivity contribution in [1.82, 2.24) is 15.6 Å². The summed E-state index contributed by atoms with van der Waals surface area (Å²) in [7, 11) is 0. The predicted octanol–water partition coefficient (Wildman–Crippen LogP) is 8.37. The van der Waals surface area contributed by atoms with Gasteiger partial charge in [-0.15, -0.1) is 0 Å². The maximum Gasteiger partial charge on any atom is 0.228 e. The normalized spacial score (nSPS) is 17.3. The van der Waals surface area contributed by atoms with Crippen molar-refractivity contribution in [3.63, 3.8) is 0 Å². The van der Waals surface area contributed by atoms with E-state index in [2.05, 4.69) is 76.3 Å². The average Bonchev–Trinajstić information content (AvgIpc) is 3.61. The molecule has 9 rings (SSSR count). The van der Waals surface area contributed by atoms with E-state index in [0.717, 1.165) is 71.6 Å². The molecule has 0 radical (unpaired) electrons. The van der Waals surface area contributed by atoms with Crippen LogP contribution in [0.2, 0.25) is 0 Å². The summed E-state index contributed by atoms with van der Waals surface area (Å²) in [6.45, 7) is 0. The third-order valence-electron chi connectivity index (χ3n) is 8.22. The standard InChI is InChI=1S/C36H24N4O2/c1-2-9-21(10-3-1)33-38-34(25-14-8-16-29-31(25)24-13-6-7-15-28(24)41-29)40-35(39-33)26-17-18-37-36-32(26)27-19-22-11-4-5-12-23(22)20-30(27)42-36/h1-20,33-34,38H,(H,39,40). The molecule has 1 aliphatic heterocycles. The van der Waals surface area contributed by atoms with Crippen LogP contribution in [0.3, 0.4) is 0 Å². The van der Waals surface area contributed by atoms with Gasteiger partial charge in [0.25, 0.3) is 0 Å². The Morgan fingerprint density at radius 2 is 1.40 bits per heavy atom. The zero-order chi connectivity index (χ0) is 27.6. The van der Waals surface area contributed by atoms with Crippen LogP contribution < -0.4 is 10.6 Å². The van der Waals surface area contributed by atoms with Crippen LogP contribution in [0.15, 0.2) is 135 Å². The number of amidine groups is 1. The molecule has 6 heteroatoms. The molecular formula is C36H24N4O2. The molecule has 42 heavy (non-hydrogen) atoms. The molecular weight excluding hydrogens is 520 g/mol. The Labute approximate surface area is 240 Å². The molecule has 2 unspecified atom stereocenters. The molecule has 200 valence electrons. The smallest absolute Gasteiger partial charge is 0.228 e. The minimum atomic E-state index is -0.275. The molecule has 4 heterocycles. The number of furan rings is 2. The van der Waals surface area contributed by atoms with E-state index in [0.29, 0.717) is 5.71 Å². The summed E-state index contributed by atoms with van der Waals surface area (Å²) in [6, 6.07) is 39.4. The Bertz CT molecular complexity index is 2330. The van der Waals surface area contributed by atoms with Crippen LogP contribution in [0.1, 0.15) is 29.0 Å². The van der Waals surface area contributed by atoms with E-state index in [1.54, 1.807) is 6.20 Å². The number of para-hydroxylation sites is 1. The van der Waals surface area contributed by atoms with E-state index in [1.807, 2.05) is 54.6 Å². The highest BCUT2D eigenvalue weighted by Gasteiger charge is 2.29. The monoisotopic (exact) mass is 544 g/mol. The van der Waals surface area contributed by atoms with Crippen molar-refractivity contribution in [2.24, 2.45) is 4.99 Å². The van der Waals surface area contributed by atoms with Gasteiger partial charge < -0.3 is 14.2 Å². The minimum absolute atomic E-state index is 0.241. The molecule has 0 amide bonds. The van der Waals surface area contributed by atoms with Gasteiger partial charge in [0.2, 0.25) is 5.71 Å². The SMILES string of the molecule is c1ccc(C2N=C(c3ccnc4oc5cc6ccccc6cc5c34)NC(c3cccc4oc5ccccc5c34)N2)cc1. The molecule has 3 aromatic heterocycles. The van der Waals surface area contributed by atoms with E-state index in [9.17, 15) is 0 Å². The fourth-order valence-corrected chi connectivity index (χ4v) is 6.28. The summed E-state index contributed by atoms with van der Waals surface area (Å²) < 4.78 is 12.5. The van der Waals surface area contributed by atoms with Crippen molar-refractivity contribution in [2.45, 2.75) is 12.3 Å². The molecule has 2 N–H and O–H groups in total. The number of aromatic nitrogens is 1. The second-order valence-electron chi connectivity index (χ2n) is 10.7. The van der Waals surface area contributed by atoms with Gasteiger partial charge in [-0.3, -0.25) is 5.32 Å². The van der Waals surface area contributed by atoms with Crippen LogP contribution in [-0.2, 0) is 0 Å². The number of rotatable bonds is 3. The number of aliphatic imine (C=N–C) groups is 1. The summed E-state index contributed by atoms with van der Waals surface area (Å²) in [6.07, 6.45) is 1.28. The third-order valence-corrected chi connectivity index (χ3v) is 8.22. The number of fused-ring (bicyclic) bond motifs is 7. The van der Waals surface area contributed by atoms with Gasteiger partial charge in [-0.25, -0.2) is 9.98 Å². The highest BCUT2D eigenvalue weighted by molar-refractivity contribution is 6.19. The zero-order valence-corrected chi connectivity index (χ0v) is 22.4. The fourth-order valence-electron chi connectivity index (χ4n) is 6.28. The maximum atomic E-state index is 6.29. The van der Waals surface area contributed by atoms with E-state index >= 15 is 0 Å². The first-order chi connectivity index (χ1) is 20.8. The Balaban J connectivity index is 1.26. The topological polar surface area (TPSA) is 75.6 Å². The third kappa shape index (κ3) is 3.56. The lowest BCUT2D eigenvalue weighted by Crippen LogP contribution is -2.45. The largest absolute Gasteiger partial charge is 0.456 e. The van der Waals surface area contributed by atoms with Crippen LogP contribution in [0, 0.1) is 0 Å². The van der Waals surface area contributed by atoms with Gasteiger partial charge in [0.1, 0.15) is 34.9 Å². The van der Waals surface area contributed by atoms with Gasteiger partial charge in [0.05, 0.1) is 5.39 Å². The quantitative estimate of drug-likeness (QED) is 0.234. The minimum Gasteiger partial charge on any atom is -0.456 e. The lowest BCUT2D eigenvalue weighted by Gasteiger charge is -2.32. The zero-order valence-electron chi connectivity index (χ0n) is 22.4. The number of benzene rings is 5. The van der Waals surface area contributed by atoms with Gasteiger partial charge in [-0.05, 0) is 46.7 Å². The lowest BCUT2D eigenvalue weighted by molar-refractivity contribution is 0.411. The molecule has 2 atom stereocenters. The first kappa shape index (κ1) is 23.3. The summed E-state index contributed by atoms with van der Waals surface area (Å²) in [4.78, 5) is 9.84. The average molecular weight is 545 g/mol. The molecule has 0 saturated heterocycles. The highest BCUT2D eigenvalue weighted by Crippen LogP contribution is 2.37. The van der Waals surface area contributed by atoms with Crippen molar-refractivity contribution in [3.8, 4) is 0 Å². The molecule has 0 bridgehead atoms. The Morgan fingerprint density at radius 3 is 2.31 bits per heavy atom. The molecule has 0 saturated carbocycles. The van der Waals surface area contributed by atoms with Crippen LogP contribution >= 0.6 is 0 Å². The first-order valence-corrected chi connectivity index (χ1v) is 14.1. The van der Waals surface area contributed by atoms with Crippen molar-refractivity contribution in [1.29, 1.82) is 0 Å². The highest BCUT2D eigenvalue weighted by atomic mass is 16.3. The summed E-state index contributed by atoms with van der Waals surface area (Å²) >= 11 is 0. The fraction of sp³-hybridized carbons (Fsp3) is 0.0556. The van der Waals surface area contributed by atoms with Gasteiger partial charge >= 0.3 is 0 Å². The molecule has 0 spiro atoms. The first-order valence-electron chi connectivity index (χ1n) is 14.1. The summed E-state index contributed by atoms with van der Waals surface area (Å²) in [5.74, 6) is 0.778. The maximum absolute atomic E-state index is 6.29. The van der Waals surface area contributed by atoms with Crippen molar-refractivity contribution in [3.05, 3.63) is 138 Å². The number of hydrogen-bond donors (Lipinski definition) is 2. The number of hydrogen-bond acceptors (Lipinski definition) is 6. The molecule has 1 aliphatic rings. The Kier molecular flexibility index (Phi) is 5.00. The van der Waals surface area contributed by atoms with Gasteiger partial charge in [-0.1, -0.05) is 84.9 Å². The Morgan fingerprint density at radius 1 is 0.619 bits per heavy atom. The number of pyridine rings is 1. The second-order valence-corrected chi connectivity index (χ2v) is 10.7. The number of nitrogens with zero attached hydrogens (tertiary/aromatic N) is 2. The van der Waals surface area contributed by atoms with Gasteiger partial charge in [0.15, 0.2) is 0 Å². The van der Waals surface area contributed by atoms with Gasteiger partial charge in [-0.2, -0.15) is 0 Å². The Hall–Kier alpha value is -5.46. The molecule has 8 aromatic rings. The predicted molar refractivity (Wildman–Crippen MR) is 167 cm³/mol.